The molecule has 1 fully saturated rings. The summed E-state index contributed by atoms with van der Waals surface area (Å²) in [5.41, 5.74) is 10.3. The molecule has 3 rings (SSSR count). The first-order valence-corrected chi connectivity index (χ1v) is 13.5. The van der Waals surface area contributed by atoms with Crippen molar-refractivity contribution in [2.75, 3.05) is 6.54 Å². The highest BCUT2D eigenvalue weighted by atomic mass is 32.2. The van der Waals surface area contributed by atoms with Crippen molar-refractivity contribution >= 4 is 35.0 Å². The van der Waals surface area contributed by atoms with E-state index in [2.05, 4.69) is 15.6 Å². The van der Waals surface area contributed by atoms with E-state index in [9.17, 15) is 28.1 Å². The Morgan fingerprint density at radius 1 is 1.00 bits per heavy atom. The van der Waals surface area contributed by atoms with Crippen molar-refractivity contribution in [3.63, 3.8) is 0 Å². The average molecular weight is 547 g/mol. The minimum Gasteiger partial charge on any atom is -0.426 e. The van der Waals surface area contributed by atoms with Crippen molar-refractivity contribution in [1.29, 1.82) is 0 Å². The summed E-state index contributed by atoms with van der Waals surface area (Å²) in [4.78, 5) is 29.3. The Hall–Kier alpha value is -3.46. The largest absolute Gasteiger partial charge is 0.475 e. The molecule has 1 aliphatic rings. The molecular weight excluding hydrogens is 513 g/mol. The number of benzene rings is 2. The first-order valence-electron chi connectivity index (χ1n) is 12.0. The van der Waals surface area contributed by atoms with Gasteiger partial charge in [-0.15, -0.1) is 0 Å². The van der Waals surface area contributed by atoms with Gasteiger partial charge in [-0.05, 0) is 43.4 Å². The van der Waals surface area contributed by atoms with Gasteiger partial charge in [-0.1, -0.05) is 55.0 Å². The van der Waals surface area contributed by atoms with Gasteiger partial charge in [0, 0.05) is 13.1 Å². The van der Waals surface area contributed by atoms with Crippen molar-refractivity contribution in [1.82, 2.24) is 10.6 Å². The summed E-state index contributed by atoms with van der Waals surface area (Å²) in [6.07, 6.45) is 2.35. The number of rotatable bonds is 11. The van der Waals surface area contributed by atoms with E-state index >= 15 is 0 Å². The molecule has 2 amide bonds. The Morgan fingerprint density at radius 3 is 2.03 bits per heavy atom. The fourth-order valence-corrected chi connectivity index (χ4v) is 4.25. The van der Waals surface area contributed by atoms with Gasteiger partial charge in [0.1, 0.15) is 5.41 Å². The van der Waals surface area contributed by atoms with Gasteiger partial charge in [0.25, 0.3) is 10.1 Å². The molecule has 14 heteroatoms. The van der Waals surface area contributed by atoms with Crippen LogP contribution < -0.4 is 22.1 Å². The number of nitrogens with one attached hydrogen (secondary N) is 2. The van der Waals surface area contributed by atoms with Gasteiger partial charge in [-0.25, -0.2) is 0 Å². The summed E-state index contributed by atoms with van der Waals surface area (Å²) in [5, 5.41) is 24.6. The molecule has 2 aromatic rings. The number of aliphatic imine (C=N–C) groups is 1. The molecule has 0 saturated heterocycles. The summed E-state index contributed by atoms with van der Waals surface area (Å²) in [5.74, 6) is -1.77. The van der Waals surface area contributed by atoms with Gasteiger partial charge < -0.3 is 32.1 Å². The van der Waals surface area contributed by atoms with E-state index in [1.807, 2.05) is 30.3 Å². The number of guanidine groups is 1. The van der Waals surface area contributed by atoms with Crippen molar-refractivity contribution in [3.8, 4) is 0 Å². The van der Waals surface area contributed by atoms with Crippen molar-refractivity contribution in [2.45, 2.75) is 49.5 Å². The number of nitrogens with zero attached hydrogens (tertiary/aromatic N) is 1. The van der Waals surface area contributed by atoms with Crippen LogP contribution >= 0.6 is 0 Å². The Labute approximate surface area is 222 Å². The standard InChI is InChI=1S/C18H28BN5O4.C6H6O3S/c20-17(21)22-11-4-8-14(19(27)28)24-16(26)18(9-5-10-18)15(25)23-12-13-6-2-1-3-7-13;7-10(8,9)6-4-2-1-3-5-6/h1-3,6-7,14,27-28H,4-5,8-12H2,(H,23,25)(H,24,26)(H4,20,21,22);1-5H,(H,7,8,9)/t14-;/m0./s1. The third-order valence-corrected chi connectivity index (χ3v) is 6.93. The van der Waals surface area contributed by atoms with Crippen LogP contribution in [-0.2, 0) is 26.3 Å². The van der Waals surface area contributed by atoms with Crippen LogP contribution in [0.4, 0.5) is 0 Å². The predicted molar refractivity (Wildman–Crippen MR) is 143 cm³/mol. The van der Waals surface area contributed by atoms with E-state index in [1.165, 1.54) is 12.1 Å². The third kappa shape index (κ3) is 9.45. The summed E-state index contributed by atoms with van der Waals surface area (Å²) in [6.45, 7) is 0.642. The van der Waals surface area contributed by atoms with Crippen LogP contribution in [-0.4, -0.2) is 60.4 Å². The van der Waals surface area contributed by atoms with Crippen molar-refractivity contribution in [3.05, 3.63) is 66.2 Å². The van der Waals surface area contributed by atoms with Gasteiger partial charge in [0.2, 0.25) is 11.8 Å². The minimum absolute atomic E-state index is 0.0476. The van der Waals surface area contributed by atoms with Gasteiger partial charge in [0.15, 0.2) is 5.96 Å². The Balaban J connectivity index is 0.000000423. The second kappa shape index (κ2) is 14.5. The smallest absolute Gasteiger partial charge is 0.426 e. The maximum Gasteiger partial charge on any atom is 0.475 e. The lowest BCUT2D eigenvalue weighted by molar-refractivity contribution is -0.150. The average Bonchev–Trinajstić information content (AvgIpc) is 2.84. The lowest BCUT2D eigenvalue weighted by atomic mass is 9.66. The second-order valence-electron chi connectivity index (χ2n) is 8.83. The predicted octanol–water partition coefficient (Wildman–Crippen LogP) is -0.0432. The molecule has 0 radical (unpaired) electrons. The lowest BCUT2D eigenvalue weighted by Gasteiger charge is -2.39. The molecule has 206 valence electrons. The molecule has 2 aromatic carbocycles. The molecule has 0 unspecified atom stereocenters. The lowest BCUT2D eigenvalue weighted by Crippen LogP contribution is -2.59. The molecule has 9 N–H and O–H groups in total. The first kappa shape index (κ1) is 30.8. The molecule has 1 aliphatic carbocycles. The normalized spacial score (nSPS) is 14.5. The van der Waals surface area contributed by atoms with Gasteiger partial charge in [-0.3, -0.25) is 19.1 Å². The number of carbonyl (C=O) groups is 2. The quantitative estimate of drug-likeness (QED) is 0.0500. The van der Waals surface area contributed by atoms with Gasteiger partial charge >= 0.3 is 7.12 Å². The zero-order valence-electron chi connectivity index (χ0n) is 20.9. The van der Waals surface area contributed by atoms with E-state index in [0.29, 0.717) is 32.4 Å². The van der Waals surface area contributed by atoms with E-state index in [0.717, 1.165) is 12.0 Å². The third-order valence-electron chi connectivity index (χ3n) is 6.06. The highest BCUT2D eigenvalue weighted by molar-refractivity contribution is 7.85. The summed E-state index contributed by atoms with van der Waals surface area (Å²) >= 11 is 0. The van der Waals surface area contributed by atoms with Crippen molar-refractivity contribution < 1.29 is 32.6 Å². The van der Waals surface area contributed by atoms with Crippen LogP contribution in [0.25, 0.3) is 0 Å². The number of hydrogen-bond donors (Lipinski definition) is 7. The number of hydrogen-bond acceptors (Lipinski definition) is 7. The van der Waals surface area contributed by atoms with E-state index in [4.69, 9.17) is 16.0 Å². The Morgan fingerprint density at radius 2 is 1.58 bits per heavy atom. The van der Waals surface area contributed by atoms with Crippen LogP contribution in [0.2, 0.25) is 0 Å². The zero-order chi connectivity index (χ0) is 28.2. The maximum atomic E-state index is 12.8. The second-order valence-corrected chi connectivity index (χ2v) is 10.3. The van der Waals surface area contributed by atoms with Crippen LogP contribution in [0.5, 0.6) is 0 Å². The summed E-state index contributed by atoms with van der Waals surface area (Å²) in [6, 6.07) is 16.8. The summed E-state index contributed by atoms with van der Waals surface area (Å²) in [7, 11) is -5.75. The number of amides is 2. The van der Waals surface area contributed by atoms with E-state index < -0.39 is 34.5 Å². The first-order chi connectivity index (χ1) is 18.0. The molecule has 0 heterocycles. The molecule has 38 heavy (non-hydrogen) atoms. The maximum absolute atomic E-state index is 12.8. The number of nitrogens with two attached hydrogens (primary N) is 2. The Kier molecular flexibility index (Phi) is 11.7. The SMILES string of the molecule is NC(N)=NCCC[C@H](NC(=O)C1(C(=O)NCc2ccccc2)CCC1)B(O)O.O=S(=O)(O)c1ccccc1. The monoisotopic (exact) mass is 547 g/mol. The fourth-order valence-electron chi connectivity index (χ4n) is 3.75. The molecule has 1 atom stereocenters. The molecule has 12 nitrogen and oxygen atoms in total. The van der Waals surface area contributed by atoms with Crippen LogP contribution in [0.1, 0.15) is 37.7 Å². The van der Waals surface area contributed by atoms with E-state index in [-0.39, 0.29) is 23.2 Å². The molecule has 0 bridgehead atoms. The highest BCUT2D eigenvalue weighted by Gasteiger charge is 2.51. The zero-order valence-corrected chi connectivity index (χ0v) is 21.7. The fraction of sp³-hybridized carbons (Fsp3) is 0.375. The molecule has 0 spiro atoms. The molecule has 0 aromatic heterocycles. The minimum atomic E-state index is -4.00. The number of carbonyl (C=O) groups excluding carboxylic acids is 2. The topological polar surface area (TPSA) is 217 Å². The highest BCUT2D eigenvalue weighted by Crippen LogP contribution is 2.41. The summed E-state index contributed by atoms with van der Waals surface area (Å²) < 4.78 is 29.2. The van der Waals surface area contributed by atoms with Gasteiger partial charge in [0.05, 0.1) is 10.8 Å². The van der Waals surface area contributed by atoms with Crippen LogP contribution in [0, 0.1) is 5.41 Å². The van der Waals surface area contributed by atoms with Crippen LogP contribution in [0.3, 0.4) is 0 Å². The Bertz CT molecular complexity index is 1170. The molecular formula is C24H34BN5O7S. The van der Waals surface area contributed by atoms with E-state index in [1.54, 1.807) is 18.2 Å². The van der Waals surface area contributed by atoms with Crippen LogP contribution in [0.15, 0.2) is 70.6 Å². The molecule has 1 saturated carbocycles. The van der Waals surface area contributed by atoms with Crippen molar-refractivity contribution in [2.24, 2.45) is 21.9 Å². The van der Waals surface area contributed by atoms with Gasteiger partial charge in [-0.2, -0.15) is 8.42 Å². The molecule has 0 aliphatic heterocycles.